The Labute approximate surface area is 259 Å². The van der Waals surface area contributed by atoms with Gasteiger partial charge in [0.15, 0.2) is 0 Å². The number of amides is 2. The molecular weight excluding hydrogens is 560 g/mol. The SMILES string of the molecule is CCCCC1CCCN1C(=O)c1cc(C)cc(C(=O)NC(Cc2cc(F)cc(F)c2)C(O)CNCc2cccc(CC)c2)c1. The van der Waals surface area contributed by atoms with E-state index >= 15 is 0 Å². The molecule has 3 atom stereocenters. The van der Waals surface area contributed by atoms with Gasteiger partial charge in [0.2, 0.25) is 0 Å². The van der Waals surface area contributed by atoms with Crippen LogP contribution < -0.4 is 10.6 Å². The summed E-state index contributed by atoms with van der Waals surface area (Å²) in [7, 11) is 0. The lowest BCUT2D eigenvalue weighted by Crippen LogP contribution is -2.48. The van der Waals surface area contributed by atoms with Crippen LogP contribution in [-0.4, -0.2) is 53.1 Å². The third kappa shape index (κ3) is 9.19. The number of carbonyl (C=O) groups is 2. The lowest BCUT2D eigenvalue weighted by atomic mass is 9.99. The second-order valence-corrected chi connectivity index (χ2v) is 12.0. The summed E-state index contributed by atoms with van der Waals surface area (Å²) in [6.45, 7) is 7.43. The van der Waals surface area contributed by atoms with E-state index in [-0.39, 0.29) is 24.9 Å². The summed E-state index contributed by atoms with van der Waals surface area (Å²) < 4.78 is 28.0. The summed E-state index contributed by atoms with van der Waals surface area (Å²) in [5, 5.41) is 17.3. The van der Waals surface area contributed by atoms with E-state index in [0.29, 0.717) is 29.8 Å². The smallest absolute Gasteiger partial charge is 0.254 e. The number of aliphatic hydroxyl groups is 1. The Morgan fingerprint density at radius 1 is 0.977 bits per heavy atom. The minimum Gasteiger partial charge on any atom is -0.390 e. The van der Waals surface area contributed by atoms with E-state index < -0.39 is 29.7 Å². The number of rotatable bonds is 14. The maximum atomic E-state index is 14.0. The van der Waals surface area contributed by atoms with Crippen molar-refractivity contribution in [2.75, 3.05) is 13.1 Å². The van der Waals surface area contributed by atoms with Gasteiger partial charge in [-0.15, -0.1) is 0 Å². The molecule has 1 fully saturated rings. The van der Waals surface area contributed by atoms with Crippen LogP contribution in [-0.2, 0) is 19.4 Å². The molecular formula is C36H45F2N3O3. The van der Waals surface area contributed by atoms with Crippen LogP contribution in [0.2, 0.25) is 0 Å². The average molecular weight is 606 g/mol. The van der Waals surface area contributed by atoms with Crippen LogP contribution in [0.5, 0.6) is 0 Å². The van der Waals surface area contributed by atoms with Gasteiger partial charge < -0.3 is 20.6 Å². The molecule has 1 aliphatic rings. The van der Waals surface area contributed by atoms with Gasteiger partial charge in [-0.2, -0.15) is 0 Å². The van der Waals surface area contributed by atoms with Crippen molar-refractivity contribution in [3.63, 3.8) is 0 Å². The zero-order valence-corrected chi connectivity index (χ0v) is 26.0. The molecule has 0 bridgehead atoms. The molecule has 0 aliphatic carbocycles. The first-order valence-corrected chi connectivity index (χ1v) is 15.8. The molecule has 236 valence electrons. The highest BCUT2D eigenvalue weighted by atomic mass is 19.1. The number of carbonyl (C=O) groups excluding carboxylic acids is 2. The van der Waals surface area contributed by atoms with Crippen molar-refractivity contribution in [2.45, 2.75) is 90.4 Å². The first-order chi connectivity index (χ1) is 21.2. The van der Waals surface area contributed by atoms with Gasteiger partial charge in [-0.1, -0.05) is 51.0 Å². The number of likely N-dealkylation sites (tertiary alicyclic amines) is 1. The van der Waals surface area contributed by atoms with E-state index in [4.69, 9.17) is 0 Å². The van der Waals surface area contributed by atoms with Crippen molar-refractivity contribution in [1.29, 1.82) is 0 Å². The van der Waals surface area contributed by atoms with Gasteiger partial charge in [0.05, 0.1) is 12.1 Å². The standard InChI is InChI=1S/C36H45F2N3O3/c1-4-6-11-32-12-8-13-41(32)36(44)29-15-24(3)14-28(20-29)35(43)40-33(19-27-17-30(37)21-31(38)18-27)34(42)23-39-22-26-10-7-9-25(5-2)16-26/h7,9-10,14-18,20-21,32-34,39,42H,4-6,8,11-13,19,22-23H2,1-3H3,(H,40,43). The van der Waals surface area contributed by atoms with Gasteiger partial charge in [-0.05, 0) is 91.6 Å². The molecule has 3 aromatic rings. The molecule has 44 heavy (non-hydrogen) atoms. The monoisotopic (exact) mass is 605 g/mol. The summed E-state index contributed by atoms with van der Waals surface area (Å²) in [5.74, 6) is -2.00. The largest absolute Gasteiger partial charge is 0.390 e. The lowest BCUT2D eigenvalue weighted by Gasteiger charge is -2.26. The quantitative estimate of drug-likeness (QED) is 0.207. The van der Waals surface area contributed by atoms with Crippen molar-refractivity contribution >= 4 is 11.8 Å². The molecule has 8 heteroatoms. The highest BCUT2D eigenvalue weighted by Gasteiger charge is 2.30. The molecule has 3 aromatic carbocycles. The molecule has 0 radical (unpaired) electrons. The van der Waals surface area contributed by atoms with E-state index in [9.17, 15) is 23.5 Å². The predicted octanol–water partition coefficient (Wildman–Crippen LogP) is 6.12. The van der Waals surface area contributed by atoms with Crippen LogP contribution in [0.4, 0.5) is 8.78 Å². The first-order valence-electron chi connectivity index (χ1n) is 15.8. The zero-order chi connectivity index (χ0) is 31.6. The van der Waals surface area contributed by atoms with E-state index in [1.165, 1.54) is 17.7 Å². The summed E-state index contributed by atoms with van der Waals surface area (Å²) in [5.41, 5.74) is 4.11. The number of nitrogens with zero attached hydrogens (tertiary/aromatic N) is 1. The lowest BCUT2D eigenvalue weighted by molar-refractivity contribution is 0.0728. The van der Waals surface area contributed by atoms with E-state index in [2.05, 4.69) is 36.6 Å². The van der Waals surface area contributed by atoms with Crippen LogP contribution >= 0.6 is 0 Å². The van der Waals surface area contributed by atoms with Crippen molar-refractivity contribution in [2.24, 2.45) is 0 Å². The molecule has 1 aliphatic heterocycles. The van der Waals surface area contributed by atoms with Crippen LogP contribution in [0.15, 0.2) is 60.7 Å². The van der Waals surface area contributed by atoms with Crippen LogP contribution in [0.3, 0.4) is 0 Å². The van der Waals surface area contributed by atoms with Gasteiger partial charge in [0, 0.05) is 42.9 Å². The number of hydrogen-bond donors (Lipinski definition) is 3. The number of benzene rings is 3. The normalized spacial score (nSPS) is 16.1. The van der Waals surface area contributed by atoms with Gasteiger partial charge >= 0.3 is 0 Å². The molecule has 2 amide bonds. The fraction of sp³-hybridized carbons (Fsp3) is 0.444. The molecule has 0 spiro atoms. The Hall–Kier alpha value is -3.62. The zero-order valence-electron chi connectivity index (χ0n) is 26.0. The molecule has 6 nitrogen and oxygen atoms in total. The molecule has 3 unspecified atom stereocenters. The maximum absolute atomic E-state index is 14.0. The Morgan fingerprint density at radius 3 is 2.43 bits per heavy atom. The van der Waals surface area contributed by atoms with Crippen molar-refractivity contribution in [3.8, 4) is 0 Å². The Balaban J connectivity index is 1.50. The molecule has 0 aromatic heterocycles. The van der Waals surface area contributed by atoms with Gasteiger partial charge in [-0.25, -0.2) is 8.78 Å². The highest BCUT2D eigenvalue weighted by molar-refractivity contribution is 6.00. The van der Waals surface area contributed by atoms with Gasteiger partial charge in [0.1, 0.15) is 11.6 Å². The summed E-state index contributed by atoms with van der Waals surface area (Å²) >= 11 is 0. The number of hydrogen-bond acceptors (Lipinski definition) is 4. The molecule has 1 heterocycles. The summed E-state index contributed by atoms with van der Waals surface area (Å²) in [6.07, 6.45) is 4.94. The number of unbranched alkanes of at least 4 members (excludes halogenated alkanes) is 1. The van der Waals surface area contributed by atoms with E-state index in [1.54, 1.807) is 18.2 Å². The van der Waals surface area contributed by atoms with E-state index in [0.717, 1.165) is 55.7 Å². The summed E-state index contributed by atoms with van der Waals surface area (Å²) in [4.78, 5) is 29.1. The van der Waals surface area contributed by atoms with Crippen molar-refractivity contribution in [3.05, 3.63) is 106 Å². The van der Waals surface area contributed by atoms with Crippen molar-refractivity contribution in [1.82, 2.24) is 15.5 Å². The molecule has 0 saturated carbocycles. The van der Waals surface area contributed by atoms with Crippen LogP contribution in [0, 0.1) is 18.6 Å². The Kier molecular flexibility index (Phi) is 12.0. The topological polar surface area (TPSA) is 81.7 Å². The van der Waals surface area contributed by atoms with Gasteiger partial charge in [-0.3, -0.25) is 9.59 Å². The number of aryl methyl sites for hydroxylation is 2. The van der Waals surface area contributed by atoms with Crippen LogP contribution in [0.1, 0.15) is 88.9 Å². The molecule has 4 rings (SSSR count). The third-order valence-electron chi connectivity index (χ3n) is 8.36. The summed E-state index contributed by atoms with van der Waals surface area (Å²) in [6, 6.07) is 15.8. The van der Waals surface area contributed by atoms with Crippen molar-refractivity contribution < 1.29 is 23.5 Å². The highest BCUT2D eigenvalue weighted by Crippen LogP contribution is 2.25. The second kappa shape index (κ2) is 15.9. The second-order valence-electron chi connectivity index (χ2n) is 12.0. The average Bonchev–Trinajstić information content (AvgIpc) is 3.47. The minimum atomic E-state index is -1.06. The molecule has 3 N–H and O–H groups in total. The van der Waals surface area contributed by atoms with Gasteiger partial charge in [0.25, 0.3) is 11.8 Å². The predicted molar refractivity (Wildman–Crippen MR) is 170 cm³/mol. The fourth-order valence-electron chi connectivity index (χ4n) is 6.03. The third-order valence-corrected chi connectivity index (χ3v) is 8.36. The number of aliphatic hydroxyl groups excluding tert-OH is 1. The minimum absolute atomic E-state index is 0.0130. The number of nitrogens with one attached hydrogen (secondary N) is 2. The van der Waals surface area contributed by atoms with Crippen LogP contribution in [0.25, 0.3) is 0 Å². The Morgan fingerprint density at radius 2 is 1.70 bits per heavy atom. The molecule has 1 saturated heterocycles. The number of halogens is 2. The fourth-order valence-corrected chi connectivity index (χ4v) is 6.03. The Bertz CT molecular complexity index is 1410. The van der Waals surface area contributed by atoms with E-state index in [1.807, 2.05) is 24.0 Å². The maximum Gasteiger partial charge on any atom is 0.254 e. The first kappa shape index (κ1) is 33.3.